The number of nitrogens with zero attached hydrogens (tertiary/aromatic N) is 2. The lowest BCUT2D eigenvalue weighted by atomic mass is 10.1. The largest absolute Gasteiger partial charge is 0.321 e. The lowest BCUT2D eigenvalue weighted by Gasteiger charge is -2.18. The molecule has 3 aromatic carbocycles. The SMILES string of the molecule is O=C(Nc1ccccc1)c1cc2c(cn1)c(=O)cc(Cc1ccccc1)n2-c1ccccc1. The number of carbonyl (C=O) groups excluding carboxylic acids is 1. The first-order chi connectivity index (χ1) is 16.2. The highest BCUT2D eigenvalue weighted by molar-refractivity contribution is 6.04. The van der Waals surface area contributed by atoms with Crippen molar-refractivity contribution < 1.29 is 4.79 Å². The van der Waals surface area contributed by atoms with E-state index in [0.29, 0.717) is 23.0 Å². The van der Waals surface area contributed by atoms with Gasteiger partial charge in [-0.2, -0.15) is 0 Å². The number of nitrogens with one attached hydrogen (secondary N) is 1. The van der Waals surface area contributed by atoms with E-state index in [2.05, 4.69) is 10.3 Å². The number of fused-ring (bicyclic) bond motifs is 1. The highest BCUT2D eigenvalue weighted by Crippen LogP contribution is 2.22. The van der Waals surface area contributed by atoms with Crippen molar-refractivity contribution in [2.24, 2.45) is 0 Å². The predicted molar refractivity (Wildman–Crippen MR) is 131 cm³/mol. The van der Waals surface area contributed by atoms with Crippen LogP contribution in [0.5, 0.6) is 0 Å². The Labute approximate surface area is 191 Å². The molecule has 0 unspecified atom stereocenters. The normalized spacial score (nSPS) is 10.8. The van der Waals surface area contributed by atoms with Gasteiger partial charge in [-0.15, -0.1) is 0 Å². The first kappa shape index (κ1) is 20.4. The van der Waals surface area contributed by atoms with Crippen LogP contribution in [0.25, 0.3) is 16.6 Å². The van der Waals surface area contributed by atoms with Gasteiger partial charge in [0.15, 0.2) is 5.43 Å². The second-order valence-corrected chi connectivity index (χ2v) is 7.74. The Morgan fingerprint density at radius 3 is 2.15 bits per heavy atom. The van der Waals surface area contributed by atoms with Crippen molar-refractivity contribution in [3.8, 4) is 5.69 Å². The topological polar surface area (TPSA) is 64.0 Å². The van der Waals surface area contributed by atoms with E-state index in [1.165, 1.54) is 6.20 Å². The highest BCUT2D eigenvalue weighted by atomic mass is 16.1. The average Bonchev–Trinajstić information content (AvgIpc) is 2.86. The lowest BCUT2D eigenvalue weighted by molar-refractivity contribution is 0.102. The molecule has 0 radical (unpaired) electrons. The fourth-order valence-electron chi connectivity index (χ4n) is 3.93. The summed E-state index contributed by atoms with van der Waals surface area (Å²) in [6.07, 6.45) is 2.07. The van der Waals surface area contributed by atoms with Crippen LogP contribution in [0.3, 0.4) is 0 Å². The van der Waals surface area contributed by atoms with E-state index in [4.69, 9.17) is 0 Å². The van der Waals surface area contributed by atoms with Crippen LogP contribution in [0, 0.1) is 0 Å². The Kier molecular flexibility index (Phi) is 5.52. The molecule has 5 nitrogen and oxygen atoms in total. The molecule has 5 aromatic rings. The van der Waals surface area contributed by atoms with Gasteiger partial charge in [-0.3, -0.25) is 14.6 Å². The first-order valence-corrected chi connectivity index (χ1v) is 10.7. The Hall–Kier alpha value is -4.51. The van der Waals surface area contributed by atoms with Gasteiger partial charge in [0.2, 0.25) is 0 Å². The Balaban J connectivity index is 1.67. The van der Waals surface area contributed by atoms with Gasteiger partial charge in [-0.05, 0) is 35.9 Å². The molecule has 5 heteroatoms. The number of hydrogen-bond acceptors (Lipinski definition) is 3. The number of benzene rings is 3. The summed E-state index contributed by atoms with van der Waals surface area (Å²) in [5.74, 6) is -0.330. The molecule has 0 aliphatic heterocycles. The van der Waals surface area contributed by atoms with Gasteiger partial charge in [0.1, 0.15) is 5.69 Å². The number of hydrogen-bond donors (Lipinski definition) is 1. The van der Waals surface area contributed by atoms with Crippen LogP contribution in [0.15, 0.2) is 114 Å². The number of anilines is 1. The second-order valence-electron chi connectivity index (χ2n) is 7.74. The zero-order chi connectivity index (χ0) is 22.6. The van der Waals surface area contributed by atoms with Crippen molar-refractivity contribution in [2.75, 3.05) is 5.32 Å². The maximum absolute atomic E-state index is 13.0. The van der Waals surface area contributed by atoms with Crippen molar-refractivity contribution >= 4 is 22.5 Å². The average molecular weight is 431 g/mol. The Bertz CT molecular complexity index is 1480. The molecule has 33 heavy (non-hydrogen) atoms. The van der Waals surface area contributed by atoms with Gasteiger partial charge in [0.25, 0.3) is 5.91 Å². The van der Waals surface area contributed by atoms with Crippen LogP contribution in [0.1, 0.15) is 21.7 Å². The van der Waals surface area contributed by atoms with Crippen LogP contribution in [-0.2, 0) is 6.42 Å². The van der Waals surface area contributed by atoms with Gasteiger partial charge in [-0.25, -0.2) is 0 Å². The monoisotopic (exact) mass is 431 g/mol. The van der Waals surface area contributed by atoms with Crippen LogP contribution in [-0.4, -0.2) is 15.5 Å². The number of pyridine rings is 2. The van der Waals surface area contributed by atoms with Crippen molar-refractivity contribution in [1.82, 2.24) is 9.55 Å². The molecule has 0 atom stereocenters. The molecule has 160 valence electrons. The summed E-state index contributed by atoms with van der Waals surface area (Å²) >= 11 is 0. The minimum absolute atomic E-state index is 0.120. The fourth-order valence-corrected chi connectivity index (χ4v) is 3.93. The van der Waals surface area contributed by atoms with E-state index in [1.807, 2.05) is 95.6 Å². The summed E-state index contributed by atoms with van der Waals surface area (Å²) in [5, 5.41) is 3.33. The number of para-hydroxylation sites is 2. The number of rotatable bonds is 5. The summed E-state index contributed by atoms with van der Waals surface area (Å²) in [6.45, 7) is 0. The number of aromatic nitrogens is 2. The Morgan fingerprint density at radius 2 is 1.45 bits per heavy atom. The van der Waals surface area contributed by atoms with Crippen LogP contribution in [0.4, 0.5) is 5.69 Å². The minimum Gasteiger partial charge on any atom is -0.321 e. The Morgan fingerprint density at radius 1 is 0.818 bits per heavy atom. The van der Waals surface area contributed by atoms with E-state index in [-0.39, 0.29) is 17.0 Å². The van der Waals surface area contributed by atoms with Crippen LogP contribution >= 0.6 is 0 Å². The van der Waals surface area contributed by atoms with Gasteiger partial charge >= 0.3 is 0 Å². The molecule has 0 saturated carbocycles. The molecular formula is C28H21N3O2. The first-order valence-electron chi connectivity index (χ1n) is 10.7. The summed E-state index contributed by atoms with van der Waals surface area (Å²) in [4.78, 5) is 30.2. The van der Waals surface area contributed by atoms with Crippen molar-refractivity contribution in [1.29, 1.82) is 0 Å². The molecule has 0 saturated heterocycles. The van der Waals surface area contributed by atoms with Crippen LogP contribution < -0.4 is 10.7 Å². The summed E-state index contributed by atoms with van der Waals surface area (Å²) in [6, 6.07) is 32.4. The van der Waals surface area contributed by atoms with E-state index in [1.54, 1.807) is 12.1 Å². The van der Waals surface area contributed by atoms with Gasteiger partial charge in [-0.1, -0.05) is 66.7 Å². The molecule has 2 heterocycles. The third-order valence-corrected chi connectivity index (χ3v) is 5.48. The maximum atomic E-state index is 13.0. The molecule has 5 rings (SSSR count). The molecule has 2 aromatic heterocycles. The standard InChI is InChI=1S/C28H21N3O2/c32-27-17-23(16-20-10-4-1-5-11-20)31(22-14-8-3-9-15-22)26-18-25(29-19-24(26)27)28(33)30-21-12-6-2-7-13-21/h1-15,17-19H,16H2,(H,30,33). The summed E-state index contributed by atoms with van der Waals surface area (Å²) in [7, 11) is 0. The molecule has 0 bridgehead atoms. The zero-order valence-corrected chi connectivity index (χ0v) is 17.8. The predicted octanol–water partition coefficient (Wildman–Crippen LogP) is 5.23. The van der Waals surface area contributed by atoms with E-state index < -0.39 is 0 Å². The minimum atomic E-state index is -0.330. The third-order valence-electron chi connectivity index (χ3n) is 5.48. The summed E-state index contributed by atoms with van der Waals surface area (Å²) < 4.78 is 2.03. The molecule has 1 amide bonds. The zero-order valence-electron chi connectivity index (χ0n) is 17.8. The maximum Gasteiger partial charge on any atom is 0.274 e. The third kappa shape index (κ3) is 4.29. The van der Waals surface area contributed by atoms with Crippen LogP contribution in [0.2, 0.25) is 0 Å². The molecule has 0 spiro atoms. The molecule has 1 N–H and O–H groups in total. The smallest absolute Gasteiger partial charge is 0.274 e. The lowest BCUT2D eigenvalue weighted by Crippen LogP contribution is -2.17. The highest BCUT2D eigenvalue weighted by Gasteiger charge is 2.15. The van der Waals surface area contributed by atoms with Gasteiger partial charge in [0.05, 0.1) is 10.9 Å². The number of amides is 1. The van der Waals surface area contributed by atoms with E-state index in [0.717, 1.165) is 16.9 Å². The molecular weight excluding hydrogens is 410 g/mol. The van der Waals surface area contributed by atoms with E-state index in [9.17, 15) is 9.59 Å². The molecule has 0 aliphatic rings. The van der Waals surface area contributed by atoms with Crippen molar-refractivity contribution in [2.45, 2.75) is 6.42 Å². The fraction of sp³-hybridized carbons (Fsp3) is 0.0357. The van der Waals surface area contributed by atoms with Crippen molar-refractivity contribution in [3.63, 3.8) is 0 Å². The van der Waals surface area contributed by atoms with Gasteiger partial charge in [0, 0.05) is 35.8 Å². The quantitative estimate of drug-likeness (QED) is 0.415. The van der Waals surface area contributed by atoms with Gasteiger partial charge < -0.3 is 9.88 Å². The molecule has 0 aliphatic carbocycles. The summed E-state index contributed by atoms with van der Waals surface area (Å²) in [5.41, 5.74) is 4.30. The van der Waals surface area contributed by atoms with E-state index >= 15 is 0 Å². The second kappa shape index (κ2) is 8.93. The van der Waals surface area contributed by atoms with Crippen molar-refractivity contribution in [3.05, 3.63) is 136 Å². The molecule has 0 fully saturated rings. The number of carbonyl (C=O) groups is 1.